The van der Waals surface area contributed by atoms with Crippen LogP contribution in [0.15, 0.2) is 53.1 Å². The fourth-order valence-corrected chi connectivity index (χ4v) is 2.69. The maximum atomic E-state index is 14.2. The van der Waals surface area contributed by atoms with Crippen LogP contribution in [0.1, 0.15) is 5.56 Å². The molecule has 0 aliphatic heterocycles. The third-order valence-electron chi connectivity index (χ3n) is 3.23. The Hall–Kier alpha value is -2.14. The first-order valence-corrected chi connectivity index (χ1v) is 7.25. The van der Waals surface area contributed by atoms with Gasteiger partial charge in [0.05, 0.1) is 11.2 Å². The van der Waals surface area contributed by atoms with Crippen LogP contribution in [0.5, 0.6) is 0 Å². The van der Waals surface area contributed by atoms with E-state index >= 15 is 0 Å². The Morgan fingerprint density at radius 1 is 1.19 bits per heavy atom. The van der Waals surface area contributed by atoms with Gasteiger partial charge >= 0.3 is 0 Å². The molecule has 0 bridgehead atoms. The maximum Gasteiger partial charge on any atom is 0.150 e. The molecular weight excluding hydrogens is 333 g/mol. The largest absolute Gasteiger partial charge is 0.398 e. The summed E-state index contributed by atoms with van der Waals surface area (Å²) in [6, 6.07) is 12.8. The molecule has 0 aliphatic rings. The fourth-order valence-electron chi connectivity index (χ4n) is 2.24. The molecule has 2 aromatic carbocycles. The quantitative estimate of drug-likeness (QED) is 0.694. The Morgan fingerprint density at radius 3 is 2.86 bits per heavy atom. The van der Waals surface area contributed by atoms with E-state index in [0.717, 1.165) is 15.4 Å². The van der Waals surface area contributed by atoms with Crippen LogP contribution in [0.2, 0.25) is 0 Å². The molecule has 0 fully saturated rings. The summed E-state index contributed by atoms with van der Waals surface area (Å²) in [4.78, 5) is 4.24. The molecule has 0 unspecified atom stereocenters. The van der Waals surface area contributed by atoms with Crippen molar-refractivity contribution in [2.45, 2.75) is 6.54 Å². The van der Waals surface area contributed by atoms with Gasteiger partial charge in [-0.05, 0) is 35.9 Å². The van der Waals surface area contributed by atoms with Crippen LogP contribution in [-0.4, -0.2) is 4.98 Å². The Kier molecular flexibility index (Phi) is 3.75. The van der Waals surface area contributed by atoms with Crippen LogP contribution < -0.4 is 11.1 Å². The minimum atomic E-state index is -0.395. The van der Waals surface area contributed by atoms with Gasteiger partial charge in [0.2, 0.25) is 0 Å². The Balaban J connectivity index is 1.97. The summed E-state index contributed by atoms with van der Waals surface area (Å²) in [5, 5.41) is 3.86. The zero-order valence-corrected chi connectivity index (χ0v) is 12.7. The second-order valence-electron chi connectivity index (χ2n) is 4.71. The lowest BCUT2D eigenvalue weighted by Crippen LogP contribution is -2.04. The molecule has 0 atom stereocenters. The Bertz CT molecular complexity index is 805. The average Bonchev–Trinajstić information content (AvgIpc) is 2.47. The Morgan fingerprint density at radius 2 is 2.05 bits per heavy atom. The van der Waals surface area contributed by atoms with E-state index in [-0.39, 0.29) is 0 Å². The topological polar surface area (TPSA) is 50.9 Å². The van der Waals surface area contributed by atoms with Gasteiger partial charge < -0.3 is 11.1 Å². The Labute approximate surface area is 130 Å². The SMILES string of the molecule is Nc1cc(F)c(NCc2cccc(Br)c2)c2ncccc12. The van der Waals surface area contributed by atoms with E-state index in [1.165, 1.54) is 6.07 Å². The van der Waals surface area contributed by atoms with Crippen LogP contribution in [-0.2, 0) is 6.54 Å². The minimum Gasteiger partial charge on any atom is -0.398 e. The summed E-state index contributed by atoms with van der Waals surface area (Å²) in [6.07, 6.45) is 1.63. The van der Waals surface area contributed by atoms with E-state index in [9.17, 15) is 4.39 Å². The van der Waals surface area contributed by atoms with Crippen LogP contribution in [0.4, 0.5) is 15.8 Å². The van der Waals surface area contributed by atoms with Gasteiger partial charge in [-0.1, -0.05) is 28.1 Å². The monoisotopic (exact) mass is 345 g/mol. The van der Waals surface area contributed by atoms with Gasteiger partial charge in [-0.25, -0.2) is 4.39 Å². The van der Waals surface area contributed by atoms with Crippen molar-refractivity contribution in [1.82, 2.24) is 4.98 Å². The van der Waals surface area contributed by atoms with E-state index in [1.807, 2.05) is 30.3 Å². The summed E-state index contributed by atoms with van der Waals surface area (Å²) in [6.45, 7) is 0.506. The molecule has 0 saturated carbocycles. The predicted molar refractivity (Wildman–Crippen MR) is 87.6 cm³/mol. The first-order valence-electron chi connectivity index (χ1n) is 6.46. The van der Waals surface area contributed by atoms with Crippen molar-refractivity contribution in [2.24, 2.45) is 0 Å². The molecule has 3 aromatic rings. The lowest BCUT2D eigenvalue weighted by atomic mass is 10.1. The molecule has 21 heavy (non-hydrogen) atoms. The van der Waals surface area contributed by atoms with Crippen molar-refractivity contribution in [2.75, 3.05) is 11.1 Å². The molecule has 0 radical (unpaired) electrons. The number of nitrogens with zero attached hydrogens (tertiary/aromatic N) is 1. The van der Waals surface area contributed by atoms with Gasteiger partial charge in [-0.2, -0.15) is 0 Å². The first-order chi connectivity index (χ1) is 10.1. The molecule has 3 nitrogen and oxygen atoms in total. The zero-order valence-electron chi connectivity index (χ0n) is 11.1. The van der Waals surface area contributed by atoms with E-state index in [2.05, 4.69) is 26.2 Å². The van der Waals surface area contributed by atoms with Gasteiger partial charge in [0.1, 0.15) is 0 Å². The fraction of sp³-hybridized carbons (Fsp3) is 0.0625. The second kappa shape index (κ2) is 5.69. The maximum absolute atomic E-state index is 14.2. The molecule has 1 heterocycles. The average molecular weight is 346 g/mol. The number of aromatic nitrogens is 1. The molecule has 3 rings (SSSR count). The van der Waals surface area contributed by atoms with Gasteiger partial charge in [0.15, 0.2) is 5.82 Å². The highest BCUT2D eigenvalue weighted by atomic mass is 79.9. The van der Waals surface area contributed by atoms with Crippen molar-refractivity contribution >= 4 is 38.2 Å². The summed E-state index contributed by atoms with van der Waals surface area (Å²) in [7, 11) is 0. The van der Waals surface area contributed by atoms with Gasteiger partial charge in [0, 0.05) is 28.3 Å². The molecule has 0 amide bonds. The zero-order chi connectivity index (χ0) is 14.8. The highest BCUT2D eigenvalue weighted by molar-refractivity contribution is 9.10. The smallest absolute Gasteiger partial charge is 0.150 e. The highest BCUT2D eigenvalue weighted by Crippen LogP contribution is 2.30. The van der Waals surface area contributed by atoms with E-state index in [1.54, 1.807) is 12.3 Å². The van der Waals surface area contributed by atoms with Gasteiger partial charge in [-0.15, -0.1) is 0 Å². The summed E-state index contributed by atoms with van der Waals surface area (Å²) in [5.74, 6) is -0.395. The van der Waals surface area contributed by atoms with E-state index in [4.69, 9.17) is 5.73 Å². The molecular formula is C16H13BrFN3. The minimum absolute atomic E-state index is 0.375. The summed E-state index contributed by atoms with van der Waals surface area (Å²) >= 11 is 3.42. The third kappa shape index (κ3) is 2.83. The van der Waals surface area contributed by atoms with Crippen LogP contribution in [0, 0.1) is 5.82 Å². The molecule has 0 saturated heterocycles. The molecule has 0 spiro atoms. The summed E-state index contributed by atoms with van der Waals surface area (Å²) < 4.78 is 15.2. The number of anilines is 2. The highest BCUT2D eigenvalue weighted by Gasteiger charge is 2.11. The van der Waals surface area contributed by atoms with Crippen molar-refractivity contribution in [3.63, 3.8) is 0 Å². The molecule has 106 valence electrons. The van der Waals surface area contributed by atoms with Gasteiger partial charge in [0.25, 0.3) is 0 Å². The number of hydrogen-bond donors (Lipinski definition) is 2. The predicted octanol–water partition coefficient (Wildman–Crippen LogP) is 4.33. The van der Waals surface area contributed by atoms with Crippen molar-refractivity contribution in [1.29, 1.82) is 0 Å². The molecule has 5 heteroatoms. The molecule has 1 aromatic heterocycles. The number of nitrogen functional groups attached to an aromatic ring is 1. The van der Waals surface area contributed by atoms with Crippen LogP contribution >= 0.6 is 15.9 Å². The van der Waals surface area contributed by atoms with Crippen LogP contribution in [0.25, 0.3) is 10.9 Å². The first kappa shape index (κ1) is 13.8. The second-order valence-corrected chi connectivity index (χ2v) is 5.62. The van der Waals surface area contributed by atoms with E-state index in [0.29, 0.717) is 23.4 Å². The van der Waals surface area contributed by atoms with Crippen LogP contribution in [0.3, 0.4) is 0 Å². The number of hydrogen-bond acceptors (Lipinski definition) is 3. The third-order valence-corrected chi connectivity index (χ3v) is 3.73. The lowest BCUT2D eigenvalue weighted by molar-refractivity contribution is 0.632. The number of pyridine rings is 1. The molecule has 0 aliphatic carbocycles. The van der Waals surface area contributed by atoms with Crippen molar-refractivity contribution < 1.29 is 4.39 Å². The number of benzene rings is 2. The number of nitrogens with one attached hydrogen (secondary N) is 1. The van der Waals surface area contributed by atoms with Crippen molar-refractivity contribution in [3.05, 3.63) is 64.5 Å². The number of rotatable bonds is 3. The van der Waals surface area contributed by atoms with E-state index < -0.39 is 5.82 Å². The number of nitrogens with two attached hydrogens (primary N) is 1. The normalized spacial score (nSPS) is 10.8. The number of halogens is 2. The standard InChI is InChI=1S/C16H13BrFN3/c17-11-4-1-3-10(7-11)9-21-16-13(18)8-14(19)12-5-2-6-20-15(12)16/h1-8,21H,9,19H2. The van der Waals surface area contributed by atoms with Gasteiger partial charge in [-0.3, -0.25) is 4.98 Å². The van der Waals surface area contributed by atoms with Crippen molar-refractivity contribution in [3.8, 4) is 0 Å². The lowest BCUT2D eigenvalue weighted by Gasteiger charge is -2.12. The summed E-state index contributed by atoms with van der Waals surface area (Å²) in [5.41, 5.74) is 8.20. The molecule has 3 N–H and O–H groups in total. The number of fused-ring (bicyclic) bond motifs is 1.